The molecule has 170 valence electrons. The van der Waals surface area contributed by atoms with Crippen molar-refractivity contribution < 1.29 is 22.7 Å². The SMILES string of the molecule is CCN(C(=O)[C@H]1CCCN1S(=O)(=O)c1cc2c(cc1C)NC(=O)CO2)c1cccc(C)c1. The number of sulfonamides is 1. The Kier molecular flexibility index (Phi) is 5.96. The molecule has 0 saturated carbocycles. The zero-order chi connectivity index (χ0) is 23.0. The number of ether oxygens (including phenoxy) is 1. The summed E-state index contributed by atoms with van der Waals surface area (Å²) in [4.78, 5) is 26.8. The largest absolute Gasteiger partial charge is 0.482 e. The van der Waals surface area contributed by atoms with Gasteiger partial charge in [0, 0.05) is 24.8 Å². The van der Waals surface area contributed by atoms with Crippen LogP contribution in [0.4, 0.5) is 11.4 Å². The summed E-state index contributed by atoms with van der Waals surface area (Å²) in [6.45, 7) is 6.06. The molecule has 0 spiro atoms. The van der Waals surface area contributed by atoms with Crippen LogP contribution in [0.5, 0.6) is 5.75 Å². The maximum atomic E-state index is 13.6. The van der Waals surface area contributed by atoms with Crippen molar-refractivity contribution in [2.75, 3.05) is 29.9 Å². The monoisotopic (exact) mass is 457 g/mol. The smallest absolute Gasteiger partial charge is 0.262 e. The molecule has 0 aromatic heterocycles. The van der Waals surface area contributed by atoms with Gasteiger partial charge in [-0.3, -0.25) is 9.59 Å². The molecule has 2 aliphatic heterocycles. The number of likely N-dealkylation sites (N-methyl/N-ethyl adjacent to an activating group) is 1. The van der Waals surface area contributed by atoms with Gasteiger partial charge in [0.2, 0.25) is 15.9 Å². The van der Waals surface area contributed by atoms with Crippen LogP contribution in [0.15, 0.2) is 41.3 Å². The second kappa shape index (κ2) is 8.55. The number of benzene rings is 2. The Hall–Kier alpha value is -2.91. The minimum atomic E-state index is -3.95. The molecule has 1 saturated heterocycles. The molecule has 0 aliphatic carbocycles. The highest BCUT2D eigenvalue weighted by Crippen LogP contribution is 2.36. The lowest BCUT2D eigenvalue weighted by molar-refractivity contribution is -0.121. The van der Waals surface area contributed by atoms with Crippen LogP contribution in [0.25, 0.3) is 0 Å². The van der Waals surface area contributed by atoms with E-state index >= 15 is 0 Å². The van der Waals surface area contributed by atoms with Crippen molar-refractivity contribution in [2.24, 2.45) is 0 Å². The quantitative estimate of drug-likeness (QED) is 0.745. The van der Waals surface area contributed by atoms with Gasteiger partial charge in [-0.25, -0.2) is 8.42 Å². The topological polar surface area (TPSA) is 96.0 Å². The summed E-state index contributed by atoms with van der Waals surface area (Å²) in [6.07, 6.45) is 1.08. The van der Waals surface area contributed by atoms with Crippen molar-refractivity contribution >= 4 is 33.2 Å². The highest BCUT2D eigenvalue weighted by atomic mass is 32.2. The molecule has 0 unspecified atom stereocenters. The molecule has 2 amide bonds. The van der Waals surface area contributed by atoms with Crippen molar-refractivity contribution in [1.82, 2.24) is 4.31 Å². The number of fused-ring (bicyclic) bond motifs is 1. The summed E-state index contributed by atoms with van der Waals surface area (Å²) in [5, 5.41) is 2.69. The van der Waals surface area contributed by atoms with Crippen LogP contribution < -0.4 is 15.0 Å². The Morgan fingerprint density at radius 2 is 2.03 bits per heavy atom. The van der Waals surface area contributed by atoms with Gasteiger partial charge in [-0.2, -0.15) is 4.31 Å². The van der Waals surface area contributed by atoms with Crippen LogP contribution in [-0.2, 0) is 19.6 Å². The highest BCUT2D eigenvalue weighted by molar-refractivity contribution is 7.89. The third-order valence-electron chi connectivity index (χ3n) is 5.88. The number of hydrogen-bond acceptors (Lipinski definition) is 5. The van der Waals surface area contributed by atoms with E-state index in [1.165, 1.54) is 10.4 Å². The first-order valence-electron chi connectivity index (χ1n) is 10.7. The van der Waals surface area contributed by atoms with Crippen LogP contribution in [0, 0.1) is 13.8 Å². The third-order valence-corrected chi connectivity index (χ3v) is 7.93. The van der Waals surface area contributed by atoms with E-state index in [-0.39, 0.29) is 29.9 Å². The van der Waals surface area contributed by atoms with Crippen molar-refractivity contribution in [2.45, 2.75) is 44.6 Å². The van der Waals surface area contributed by atoms with Crippen molar-refractivity contribution in [3.05, 3.63) is 47.5 Å². The lowest BCUT2D eigenvalue weighted by Crippen LogP contribution is -2.48. The fourth-order valence-electron chi connectivity index (χ4n) is 4.34. The number of nitrogens with one attached hydrogen (secondary N) is 1. The van der Waals surface area contributed by atoms with E-state index in [9.17, 15) is 18.0 Å². The zero-order valence-corrected chi connectivity index (χ0v) is 19.2. The summed E-state index contributed by atoms with van der Waals surface area (Å²) >= 11 is 0. The molecule has 0 bridgehead atoms. The van der Waals surface area contributed by atoms with Gasteiger partial charge in [-0.05, 0) is 62.9 Å². The molecule has 2 aromatic carbocycles. The van der Waals surface area contributed by atoms with Gasteiger partial charge in [-0.15, -0.1) is 0 Å². The molecule has 2 heterocycles. The second-order valence-corrected chi connectivity index (χ2v) is 10.0. The van der Waals surface area contributed by atoms with Crippen LogP contribution in [0.3, 0.4) is 0 Å². The number of hydrogen-bond donors (Lipinski definition) is 1. The standard InChI is InChI=1S/C23H27N3O5S/c1-4-25(17-8-5-7-15(2)11-17)23(28)19-9-6-10-26(19)32(29,30)21-13-20-18(12-16(21)3)24-22(27)14-31-20/h5,7-8,11-13,19H,4,6,9-10,14H2,1-3H3,(H,24,27)/t19-/m1/s1. The number of nitrogens with zero attached hydrogens (tertiary/aromatic N) is 2. The first-order chi connectivity index (χ1) is 15.2. The molecule has 2 aromatic rings. The number of amides is 2. The van der Waals surface area contributed by atoms with Crippen molar-refractivity contribution in [3.8, 4) is 5.75 Å². The Balaban J connectivity index is 1.67. The maximum absolute atomic E-state index is 13.6. The Labute approximate surface area is 188 Å². The van der Waals surface area contributed by atoms with Gasteiger partial charge >= 0.3 is 0 Å². The van der Waals surface area contributed by atoms with Crippen LogP contribution in [0.1, 0.15) is 30.9 Å². The van der Waals surface area contributed by atoms with Crippen molar-refractivity contribution in [3.63, 3.8) is 0 Å². The number of anilines is 2. The van der Waals surface area contributed by atoms with E-state index in [2.05, 4.69) is 5.32 Å². The molecule has 9 heteroatoms. The van der Waals surface area contributed by atoms with Gasteiger partial charge in [0.1, 0.15) is 11.8 Å². The minimum absolute atomic E-state index is 0.0886. The van der Waals surface area contributed by atoms with Gasteiger partial charge in [-0.1, -0.05) is 12.1 Å². The average molecular weight is 458 g/mol. The first-order valence-corrected chi connectivity index (χ1v) is 12.1. The number of carbonyl (C=O) groups excluding carboxylic acids is 2. The fraction of sp³-hybridized carbons (Fsp3) is 0.391. The highest BCUT2D eigenvalue weighted by Gasteiger charge is 2.42. The summed E-state index contributed by atoms with van der Waals surface area (Å²) in [5.41, 5.74) is 2.72. The van der Waals surface area contributed by atoms with Gasteiger partial charge in [0.15, 0.2) is 6.61 Å². The number of carbonyl (C=O) groups is 2. The number of aryl methyl sites for hydroxylation is 2. The van der Waals surface area contributed by atoms with E-state index in [0.29, 0.717) is 36.4 Å². The molecule has 1 N–H and O–H groups in total. The van der Waals surface area contributed by atoms with Gasteiger partial charge < -0.3 is 15.0 Å². The van der Waals surface area contributed by atoms with Crippen LogP contribution in [0.2, 0.25) is 0 Å². The van der Waals surface area contributed by atoms with E-state index in [1.54, 1.807) is 17.9 Å². The lowest BCUT2D eigenvalue weighted by Gasteiger charge is -2.30. The molecule has 32 heavy (non-hydrogen) atoms. The van der Waals surface area contributed by atoms with E-state index in [4.69, 9.17) is 4.74 Å². The molecular formula is C23H27N3O5S. The third kappa shape index (κ3) is 3.98. The first kappa shape index (κ1) is 22.3. The Morgan fingerprint density at radius 3 is 2.75 bits per heavy atom. The van der Waals surface area contributed by atoms with E-state index < -0.39 is 16.1 Å². The van der Waals surface area contributed by atoms with E-state index in [0.717, 1.165) is 11.3 Å². The molecule has 0 radical (unpaired) electrons. The molecule has 8 nitrogen and oxygen atoms in total. The molecular weight excluding hydrogens is 430 g/mol. The molecule has 4 rings (SSSR count). The predicted molar refractivity (Wildman–Crippen MR) is 121 cm³/mol. The Morgan fingerprint density at radius 1 is 1.25 bits per heavy atom. The summed E-state index contributed by atoms with van der Waals surface area (Å²) < 4.78 is 34.0. The zero-order valence-electron chi connectivity index (χ0n) is 18.4. The normalized spacial score (nSPS) is 18.6. The fourth-order valence-corrected chi connectivity index (χ4v) is 6.21. The summed E-state index contributed by atoms with van der Waals surface area (Å²) in [7, 11) is -3.95. The lowest BCUT2D eigenvalue weighted by atomic mass is 10.1. The minimum Gasteiger partial charge on any atom is -0.482 e. The van der Waals surface area contributed by atoms with Crippen molar-refractivity contribution in [1.29, 1.82) is 0 Å². The van der Waals surface area contributed by atoms with Gasteiger partial charge in [0.25, 0.3) is 5.91 Å². The molecule has 1 atom stereocenters. The molecule has 2 aliphatic rings. The summed E-state index contributed by atoms with van der Waals surface area (Å²) in [6, 6.07) is 9.90. The van der Waals surface area contributed by atoms with Crippen LogP contribution >= 0.6 is 0 Å². The summed E-state index contributed by atoms with van der Waals surface area (Å²) in [5.74, 6) is -0.197. The van der Waals surface area contributed by atoms with E-state index in [1.807, 2.05) is 38.1 Å². The van der Waals surface area contributed by atoms with Crippen LogP contribution in [-0.4, -0.2) is 50.3 Å². The molecule has 1 fully saturated rings. The second-order valence-electron chi connectivity index (χ2n) is 8.15. The van der Waals surface area contributed by atoms with Gasteiger partial charge in [0.05, 0.1) is 10.6 Å². The Bertz CT molecular complexity index is 1180. The predicted octanol–water partition coefficient (Wildman–Crippen LogP) is 2.84. The number of rotatable bonds is 5. The average Bonchev–Trinajstić information content (AvgIpc) is 3.24. The maximum Gasteiger partial charge on any atom is 0.262 e.